The second kappa shape index (κ2) is 9.04. The average Bonchev–Trinajstić information content (AvgIpc) is 2.97. The summed E-state index contributed by atoms with van der Waals surface area (Å²) in [5.74, 6) is -0.510. The van der Waals surface area contributed by atoms with Crippen molar-refractivity contribution in [2.45, 2.75) is 43.4 Å². The van der Waals surface area contributed by atoms with Crippen LogP contribution in [0.5, 0.6) is 5.75 Å². The molecule has 156 valence electrons. The molecule has 1 N–H and O–H groups in total. The SMILES string of the molecule is C[C@H](COC1C=CC(CC2SC(=O)NC2=O)=CC1)c1ccc(OC(F)(F)F)cc1. The molecule has 1 saturated heterocycles. The van der Waals surface area contributed by atoms with Crippen LogP contribution in [0.3, 0.4) is 0 Å². The summed E-state index contributed by atoms with van der Waals surface area (Å²) in [4.78, 5) is 22.9. The first-order valence-electron chi connectivity index (χ1n) is 9.05. The third-order valence-corrected chi connectivity index (χ3v) is 5.55. The number of alkyl halides is 3. The Balaban J connectivity index is 1.44. The summed E-state index contributed by atoms with van der Waals surface area (Å²) in [7, 11) is 0. The molecule has 0 bridgehead atoms. The number of carbonyl (C=O) groups is 2. The van der Waals surface area contributed by atoms with Gasteiger partial charge in [0.1, 0.15) is 5.75 Å². The van der Waals surface area contributed by atoms with Crippen LogP contribution in [0, 0.1) is 0 Å². The van der Waals surface area contributed by atoms with Crippen LogP contribution < -0.4 is 10.1 Å². The predicted octanol–water partition coefficient (Wildman–Crippen LogP) is 4.70. The first-order chi connectivity index (χ1) is 13.7. The summed E-state index contributed by atoms with van der Waals surface area (Å²) in [6.07, 6.45) is 2.15. The van der Waals surface area contributed by atoms with Crippen molar-refractivity contribution in [3.63, 3.8) is 0 Å². The van der Waals surface area contributed by atoms with Gasteiger partial charge in [-0.15, -0.1) is 13.2 Å². The van der Waals surface area contributed by atoms with Gasteiger partial charge in [-0.25, -0.2) is 0 Å². The zero-order valence-corrected chi connectivity index (χ0v) is 16.4. The van der Waals surface area contributed by atoms with Crippen LogP contribution >= 0.6 is 11.8 Å². The highest BCUT2D eigenvalue weighted by Gasteiger charge is 2.32. The molecule has 0 aromatic heterocycles. The molecule has 3 atom stereocenters. The standard InChI is InChI=1S/C20H20F3NO4S/c1-12(14-4-8-16(9-5-14)28-20(21,22)23)11-27-15-6-2-13(3-7-15)10-17-18(25)24-19(26)29-17/h2-6,8-9,12,15,17H,7,10-11H2,1H3,(H,24,25,26)/t12-,15?,17?/m1/s1. The second-order valence-electron chi connectivity index (χ2n) is 6.85. The molecule has 0 spiro atoms. The van der Waals surface area contributed by atoms with Crippen molar-refractivity contribution in [1.82, 2.24) is 5.32 Å². The fraction of sp³-hybridized carbons (Fsp3) is 0.400. The van der Waals surface area contributed by atoms with Crippen molar-refractivity contribution in [3.8, 4) is 5.75 Å². The van der Waals surface area contributed by atoms with Crippen molar-refractivity contribution in [1.29, 1.82) is 0 Å². The van der Waals surface area contributed by atoms with Crippen LogP contribution in [0.15, 0.2) is 48.1 Å². The summed E-state index contributed by atoms with van der Waals surface area (Å²) in [5, 5.41) is 1.57. The van der Waals surface area contributed by atoms with Gasteiger partial charge in [0, 0.05) is 5.92 Å². The van der Waals surface area contributed by atoms with E-state index in [2.05, 4.69) is 10.1 Å². The van der Waals surface area contributed by atoms with Crippen LogP contribution in [-0.4, -0.2) is 35.5 Å². The van der Waals surface area contributed by atoms with E-state index in [0.717, 1.165) is 22.9 Å². The van der Waals surface area contributed by atoms with Crippen molar-refractivity contribution < 1.29 is 32.2 Å². The van der Waals surface area contributed by atoms with Gasteiger partial charge in [-0.2, -0.15) is 0 Å². The summed E-state index contributed by atoms with van der Waals surface area (Å²) < 4.78 is 46.4. The lowest BCUT2D eigenvalue weighted by Gasteiger charge is -2.20. The molecule has 2 amide bonds. The fourth-order valence-electron chi connectivity index (χ4n) is 3.02. The molecule has 1 aromatic rings. The Morgan fingerprint density at radius 3 is 2.52 bits per heavy atom. The molecular formula is C20H20F3NO4S. The quantitative estimate of drug-likeness (QED) is 0.683. The van der Waals surface area contributed by atoms with Crippen molar-refractivity contribution in [3.05, 3.63) is 53.6 Å². The van der Waals surface area contributed by atoms with E-state index in [0.29, 0.717) is 19.4 Å². The molecule has 1 heterocycles. The largest absolute Gasteiger partial charge is 0.573 e. The molecule has 1 aliphatic heterocycles. The van der Waals surface area contributed by atoms with Crippen LogP contribution in [0.4, 0.5) is 18.0 Å². The Bertz CT molecular complexity index is 820. The number of benzene rings is 1. The summed E-state index contributed by atoms with van der Waals surface area (Å²) in [5.41, 5.74) is 1.84. The molecule has 5 nitrogen and oxygen atoms in total. The number of rotatable bonds is 7. The second-order valence-corrected chi connectivity index (χ2v) is 8.03. The molecule has 2 unspecified atom stereocenters. The van der Waals surface area contributed by atoms with Gasteiger partial charge < -0.3 is 9.47 Å². The zero-order chi connectivity index (χ0) is 21.0. The molecule has 3 rings (SSSR count). The third-order valence-electron chi connectivity index (χ3n) is 4.57. The number of nitrogens with one attached hydrogen (secondary N) is 1. The number of thioether (sulfide) groups is 1. The van der Waals surface area contributed by atoms with E-state index in [-0.39, 0.29) is 34.2 Å². The number of hydrogen-bond donors (Lipinski definition) is 1. The highest BCUT2D eigenvalue weighted by molar-refractivity contribution is 8.15. The normalized spacial score (nSPS) is 23.0. The fourth-order valence-corrected chi connectivity index (χ4v) is 3.88. The monoisotopic (exact) mass is 427 g/mol. The number of carbonyl (C=O) groups excluding carboxylic acids is 2. The molecule has 9 heteroatoms. The van der Waals surface area contributed by atoms with E-state index < -0.39 is 6.36 Å². The van der Waals surface area contributed by atoms with E-state index in [1.54, 1.807) is 12.1 Å². The van der Waals surface area contributed by atoms with Gasteiger partial charge in [-0.3, -0.25) is 14.9 Å². The summed E-state index contributed by atoms with van der Waals surface area (Å²) >= 11 is 1.01. The highest BCUT2D eigenvalue weighted by atomic mass is 32.2. The molecular weight excluding hydrogens is 407 g/mol. The number of halogens is 3. The maximum atomic E-state index is 12.2. The van der Waals surface area contributed by atoms with Gasteiger partial charge >= 0.3 is 6.36 Å². The van der Waals surface area contributed by atoms with Gasteiger partial charge in [0.15, 0.2) is 0 Å². The Morgan fingerprint density at radius 1 is 1.24 bits per heavy atom. The smallest absolute Gasteiger partial charge is 0.406 e. The van der Waals surface area contributed by atoms with Crippen molar-refractivity contribution in [2.24, 2.45) is 0 Å². The Morgan fingerprint density at radius 2 is 1.97 bits per heavy atom. The van der Waals surface area contributed by atoms with Gasteiger partial charge in [0.25, 0.3) is 5.24 Å². The van der Waals surface area contributed by atoms with Crippen LogP contribution in [0.2, 0.25) is 0 Å². The lowest BCUT2D eigenvalue weighted by molar-refractivity contribution is -0.274. The molecule has 0 radical (unpaired) electrons. The van der Waals surface area contributed by atoms with Crippen LogP contribution in [-0.2, 0) is 9.53 Å². The number of amides is 2. The molecule has 1 fully saturated rings. The van der Waals surface area contributed by atoms with E-state index in [1.165, 1.54) is 12.1 Å². The molecule has 2 aliphatic rings. The first kappa shape index (κ1) is 21.4. The van der Waals surface area contributed by atoms with Gasteiger partial charge in [0.05, 0.1) is 18.0 Å². The van der Waals surface area contributed by atoms with E-state index >= 15 is 0 Å². The van der Waals surface area contributed by atoms with Gasteiger partial charge in [-0.1, -0.05) is 54.6 Å². The van der Waals surface area contributed by atoms with Crippen LogP contribution in [0.1, 0.15) is 31.2 Å². The third kappa shape index (κ3) is 6.37. The Kier molecular flexibility index (Phi) is 6.69. The minimum atomic E-state index is -4.70. The first-order valence-corrected chi connectivity index (χ1v) is 9.93. The van der Waals surface area contributed by atoms with Crippen molar-refractivity contribution in [2.75, 3.05) is 6.61 Å². The number of allylic oxidation sites excluding steroid dienone is 2. The van der Waals surface area contributed by atoms with E-state index in [9.17, 15) is 22.8 Å². The zero-order valence-electron chi connectivity index (χ0n) is 15.6. The lowest BCUT2D eigenvalue weighted by atomic mass is 9.99. The highest BCUT2D eigenvalue weighted by Crippen LogP contribution is 2.28. The topological polar surface area (TPSA) is 64.6 Å². The molecule has 29 heavy (non-hydrogen) atoms. The van der Waals surface area contributed by atoms with E-state index in [4.69, 9.17) is 4.74 Å². The van der Waals surface area contributed by atoms with Crippen molar-refractivity contribution >= 4 is 22.9 Å². The number of imide groups is 1. The maximum absolute atomic E-state index is 12.2. The minimum absolute atomic E-state index is 0.00156. The molecule has 1 aliphatic carbocycles. The number of ether oxygens (including phenoxy) is 2. The number of hydrogen-bond acceptors (Lipinski definition) is 5. The Hall–Kier alpha value is -2.26. The maximum Gasteiger partial charge on any atom is 0.573 e. The van der Waals surface area contributed by atoms with Crippen LogP contribution in [0.25, 0.3) is 0 Å². The summed E-state index contributed by atoms with van der Waals surface area (Å²) in [6.45, 7) is 2.34. The van der Waals surface area contributed by atoms with Gasteiger partial charge in [0.2, 0.25) is 5.91 Å². The lowest BCUT2D eigenvalue weighted by Crippen LogP contribution is -2.24. The minimum Gasteiger partial charge on any atom is -0.406 e. The molecule has 0 saturated carbocycles. The molecule has 1 aromatic carbocycles. The predicted molar refractivity (Wildman–Crippen MR) is 103 cm³/mol. The summed E-state index contributed by atoms with van der Waals surface area (Å²) in [6, 6.07) is 5.76. The van der Waals surface area contributed by atoms with Gasteiger partial charge in [-0.05, 0) is 30.5 Å². The average molecular weight is 427 g/mol. The van der Waals surface area contributed by atoms with E-state index in [1.807, 2.05) is 25.2 Å². The Labute approximate surface area is 170 Å².